The largest absolute Gasteiger partial charge is 0.493 e. The first-order valence-corrected chi connectivity index (χ1v) is 10.2. The highest BCUT2D eigenvalue weighted by Gasteiger charge is 2.29. The molecule has 0 amide bonds. The van der Waals surface area contributed by atoms with E-state index in [0.717, 1.165) is 0 Å². The van der Waals surface area contributed by atoms with Gasteiger partial charge in [-0.3, -0.25) is 4.31 Å². The van der Waals surface area contributed by atoms with Gasteiger partial charge in [0.1, 0.15) is 10.7 Å². The van der Waals surface area contributed by atoms with Crippen LogP contribution >= 0.6 is 15.9 Å². The van der Waals surface area contributed by atoms with E-state index >= 15 is 0 Å². The minimum atomic E-state index is -3.93. The molecule has 142 valence electrons. The molecule has 0 bridgehead atoms. The van der Waals surface area contributed by atoms with Gasteiger partial charge in [0.25, 0.3) is 10.0 Å². The van der Waals surface area contributed by atoms with Gasteiger partial charge in [0.05, 0.1) is 32.7 Å². The number of para-hydroxylation sites is 1. The molecule has 0 spiro atoms. The predicted octanol–water partition coefficient (Wildman–Crippen LogP) is 4.45. The van der Waals surface area contributed by atoms with Gasteiger partial charge in [0.2, 0.25) is 0 Å². The zero-order valence-corrected chi connectivity index (χ0v) is 17.2. The van der Waals surface area contributed by atoms with Gasteiger partial charge >= 0.3 is 0 Å². The van der Waals surface area contributed by atoms with Crippen molar-refractivity contribution in [3.05, 3.63) is 71.1 Å². The SMILES string of the molecule is COc1cc(Br)c(S(=O)(=O)N(Cc2ccco2)c2ccccc2)cc1OC. The van der Waals surface area contributed by atoms with E-state index in [-0.39, 0.29) is 11.4 Å². The summed E-state index contributed by atoms with van der Waals surface area (Å²) in [5.41, 5.74) is 0.524. The van der Waals surface area contributed by atoms with Gasteiger partial charge in [-0.25, -0.2) is 8.42 Å². The molecule has 2 aromatic carbocycles. The quantitative estimate of drug-likeness (QED) is 0.530. The smallest absolute Gasteiger partial charge is 0.266 e. The average Bonchev–Trinajstić information content (AvgIpc) is 3.19. The molecule has 1 heterocycles. The highest BCUT2D eigenvalue weighted by Crippen LogP contribution is 2.38. The fraction of sp³-hybridized carbons (Fsp3) is 0.158. The van der Waals surface area contributed by atoms with Crippen LogP contribution < -0.4 is 13.8 Å². The van der Waals surface area contributed by atoms with Crippen LogP contribution in [0.4, 0.5) is 5.69 Å². The summed E-state index contributed by atoms with van der Waals surface area (Å²) < 4.78 is 44.5. The van der Waals surface area contributed by atoms with Gasteiger partial charge in [-0.15, -0.1) is 0 Å². The van der Waals surface area contributed by atoms with Gasteiger partial charge in [-0.1, -0.05) is 18.2 Å². The molecule has 0 unspecified atom stereocenters. The first-order chi connectivity index (χ1) is 13.0. The molecule has 0 aliphatic heterocycles. The van der Waals surface area contributed by atoms with Crippen LogP contribution in [0.3, 0.4) is 0 Å². The summed E-state index contributed by atoms with van der Waals surface area (Å²) >= 11 is 3.34. The van der Waals surface area contributed by atoms with Gasteiger partial charge < -0.3 is 13.9 Å². The van der Waals surface area contributed by atoms with Crippen LogP contribution in [0.25, 0.3) is 0 Å². The maximum Gasteiger partial charge on any atom is 0.266 e. The van der Waals surface area contributed by atoms with Crippen LogP contribution in [0.1, 0.15) is 5.76 Å². The van der Waals surface area contributed by atoms with Crippen LogP contribution in [0, 0.1) is 0 Å². The Morgan fingerprint density at radius 3 is 2.26 bits per heavy atom. The van der Waals surface area contributed by atoms with E-state index < -0.39 is 10.0 Å². The molecule has 0 aliphatic rings. The molecule has 0 aliphatic carbocycles. The van der Waals surface area contributed by atoms with Crippen molar-refractivity contribution in [3.8, 4) is 11.5 Å². The standard InChI is InChI=1S/C19H18BrNO5S/c1-24-17-11-16(20)19(12-18(17)25-2)27(22,23)21(13-15-9-6-10-26-15)14-7-4-3-5-8-14/h3-12H,13H2,1-2H3. The Morgan fingerprint density at radius 2 is 1.67 bits per heavy atom. The maximum absolute atomic E-state index is 13.5. The van der Waals surface area contributed by atoms with E-state index in [1.54, 1.807) is 42.5 Å². The molecule has 0 saturated carbocycles. The second-order valence-corrected chi connectivity index (χ2v) is 8.25. The number of benzene rings is 2. The molecule has 0 N–H and O–H groups in total. The van der Waals surface area contributed by atoms with E-state index in [1.165, 1.54) is 30.9 Å². The van der Waals surface area contributed by atoms with Crippen molar-refractivity contribution >= 4 is 31.6 Å². The molecule has 8 heteroatoms. The number of nitrogens with zero attached hydrogens (tertiary/aromatic N) is 1. The normalized spacial score (nSPS) is 11.2. The Balaban J connectivity index is 2.13. The van der Waals surface area contributed by atoms with Crippen LogP contribution in [0.15, 0.2) is 74.6 Å². The number of halogens is 1. The topological polar surface area (TPSA) is 69.0 Å². The number of hydrogen-bond donors (Lipinski definition) is 0. The van der Waals surface area contributed by atoms with Gasteiger partial charge in [0.15, 0.2) is 11.5 Å². The Morgan fingerprint density at radius 1 is 1.00 bits per heavy atom. The number of hydrogen-bond acceptors (Lipinski definition) is 5. The summed E-state index contributed by atoms with van der Waals surface area (Å²) in [5.74, 6) is 1.28. The first-order valence-electron chi connectivity index (χ1n) is 7.99. The molecule has 27 heavy (non-hydrogen) atoms. The van der Waals surface area contributed by atoms with Crippen molar-refractivity contribution in [3.63, 3.8) is 0 Å². The second kappa shape index (κ2) is 8.06. The summed E-state index contributed by atoms with van der Waals surface area (Å²) in [6, 6.07) is 15.3. The first kappa shape index (κ1) is 19.3. The lowest BCUT2D eigenvalue weighted by Crippen LogP contribution is -2.30. The molecular formula is C19H18BrNO5S. The zero-order valence-electron chi connectivity index (χ0n) is 14.8. The van der Waals surface area contributed by atoms with Crippen molar-refractivity contribution < 1.29 is 22.3 Å². The highest BCUT2D eigenvalue weighted by molar-refractivity contribution is 9.10. The van der Waals surface area contributed by atoms with E-state index in [4.69, 9.17) is 13.9 Å². The zero-order chi connectivity index (χ0) is 19.4. The molecular weight excluding hydrogens is 434 g/mol. The summed E-state index contributed by atoms with van der Waals surface area (Å²) in [7, 11) is -0.978. The van der Waals surface area contributed by atoms with Crippen LogP contribution in [-0.2, 0) is 16.6 Å². The highest BCUT2D eigenvalue weighted by atomic mass is 79.9. The Bertz CT molecular complexity index is 1000. The molecule has 1 aromatic heterocycles. The Labute approximate surface area is 166 Å². The third-order valence-corrected chi connectivity index (χ3v) is 6.66. The number of anilines is 1. The van der Waals surface area contributed by atoms with Crippen molar-refractivity contribution in [2.45, 2.75) is 11.4 Å². The fourth-order valence-electron chi connectivity index (χ4n) is 2.61. The number of methoxy groups -OCH3 is 2. The van der Waals surface area contributed by atoms with Crippen LogP contribution in [-0.4, -0.2) is 22.6 Å². The second-order valence-electron chi connectivity index (χ2n) is 5.56. The molecule has 0 atom stereocenters. The third kappa shape index (κ3) is 3.96. The van der Waals surface area contributed by atoms with E-state index in [9.17, 15) is 8.42 Å². The Kier molecular flexibility index (Phi) is 5.76. The van der Waals surface area contributed by atoms with Crippen molar-refractivity contribution in [2.24, 2.45) is 0 Å². The molecule has 3 aromatic rings. The molecule has 0 fully saturated rings. The van der Waals surface area contributed by atoms with Crippen molar-refractivity contribution in [1.82, 2.24) is 0 Å². The lowest BCUT2D eigenvalue weighted by Gasteiger charge is -2.24. The lowest BCUT2D eigenvalue weighted by atomic mass is 10.3. The third-order valence-electron chi connectivity index (χ3n) is 3.93. The fourth-order valence-corrected chi connectivity index (χ4v) is 5.04. The number of furan rings is 1. The average molecular weight is 452 g/mol. The minimum absolute atomic E-state index is 0.0557. The number of rotatable bonds is 7. The van der Waals surface area contributed by atoms with Gasteiger partial charge in [-0.05, 0) is 46.3 Å². The number of sulfonamides is 1. The lowest BCUT2D eigenvalue weighted by molar-refractivity contribution is 0.353. The summed E-state index contributed by atoms with van der Waals surface area (Å²) in [4.78, 5) is 0.0653. The van der Waals surface area contributed by atoms with Crippen molar-refractivity contribution in [2.75, 3.05) is 18.5 Å². The summed E-state index contributed by atoms with van der Waals surface area (Å²) in [6.07, 6.45) is 1.51. The van der Waals surface area contributed by atoms with Crippen LogP contribution in [0.2, 0.25) is 0 Å². The maximum atomic E-state index is 13.5. The van der Waals surface area contributed by atoms with Crippen molar-refractivity contribution in [1.29, 1.82) is 0 Å². The molecule has 3 rings (SSSR count). The molecule has 0 saturated heterocycles. The van der Waals surface area contributed by atoms with E-state index in [0.29, 0.717) is 27.4 Å². The summed E-state index contributed by atoms with van der Waals surface area (Å²) in [6.45, 7) is 0.0557. The Hall–Kier alpha value is -2.45. The molecule has 0 radical (unpaired) electrons. The summed E-state index contributed by atoms with van der Waals surface area (Å²) in [5, 5.41) is 0. The molecule has 6 nitrogen and oxygen atoms in total. The van der Waals surface area contributed by atoms with Gasteiger partial charge in [0, 0.05) is 10.5 Å². The monoisotopic (exact) mass is 451 g/mol. The number of ether oxygens (including phenoxy) is 2. The van der Waals surface area contributed by atoms with E-state index in [1.807, 2.05) is 6.07 Å². The van der Waals surface area contributed by atoms with Gasteiger partial charge in [-0.2, -0.15) is 0 Å². The minimum Gasteiger partial charge on any atom is -0.493 e. The van der Waals surface area contributed by atoms with Crippen LogP contribution in [0.5, 0.6) is 11.5 Å². The van der Waals surface area contributed by atoms with E-state index in [2.05, 4.69) is 15.9 Å². The predicted molar refractivity (Wildman–Crippen MR) is 106 cm³/mol.